The number of hydrogen-bond donors (Lipinski definition) is 2. The number of aliphatic hydroxyl groups is 1. The molecule has 2 N–H and O–H groups in total. The van der Waals surface area contributed by atoms with Crippen LogP contribution in [0.15, 0.2) is 28.9 Å². The Bertz CT molecular complexity index is 573. The monoisotopic (exact) mass is 320 g/mol. The van der Waals surface area contributed by atoms with Gasteiger partial charge in [0.2, 0.25) is 0 Å². The van der Waals surface area contributed by atoms with Gasteiger partial charge in [-0.15, -0.1) is 0 Å². The van der Waals surface area contributed by atoms with E-state index in [1.807, 2.05) is 24.4 Å². The first-order valence-corrected chi connectivity index (χ1v) is 7.52. The van der Waals surface area contributed by atoms with E-state index in [1.165, 1.54) is 25.7 Å². The maximum absolute atomic E-state index is 9.31. The number of nitrogens with zero attached hydrogens (tertiary/aromatic N) is 1. The normalized spacial score (nSPS) is 16.1. The van der Waals surface area contributed by atoms with Crippen LogP contribution >= 0.6 is 15.9 Å². The lowest BCUT2D eigenvalue weighted by atomic mass is 10.1. The first kappa shape index (κ1) is 12.9. The van der Waals surface area contributed by atoms with Crippen LogP contribution in [0.5, 0.6) is 0 Å². The summed E-state index contributed by atoms with van der Waals surface area (Å²) in [5, 5.41) is 9.31. The van der Waals surface area contributed by atoms with E-state index < -0.39 is 0 Å². The Hall–Kier alpha value is -1.13. The molecule has 0 bridgehead atoms. The number of aromatic amines is 1. The molecule has 100 valence electrons. The van der Waals surface area contributed by atoms with Crippen molar-refractivity contribution in [2.24, 2.45) is 0 Å². The highest BCUT2D eigenvalue weighted by atomic mass is 79.9. The molecule has 0 unspecified atom stereocenters. The van der Waals surface area contributed by atoms with Crippen molar-refractivity contribution in [3.05, 3.63) is 40.3 Å². The summed E-state index contributed by atoms with van der Waals surface area (Å²) in [5.74, 6) is 1.71. The van der Waals surface area contributed by atoms with Crippen LogP contribution < -0.4 is 0 Å². The standard InChI is InChI=1S/C15H17BrN2O/c16-13-6-5-11(7-12(13)9-19)14-8-17-15(18-14)10-3-1-2-4-10/h5-8,10,19H,1-4,9H2,(H,17,18). The summed E-state index contributed by atoms with van der Waals surface area (Å²) in [4.78, 5) is 7.96. The lowest BCUT2D eigenvalue weighted by Gasteiger charge is -2.05. The molecule has 3 nitrogen and oxygen atoms in total. The minimum atomic E-state index is 0.0397. The van der Waals surface area contributed by atoms with Gasteiger partial charge in [-0.3, -0.25) is 0 Å². The third-order valence-corrected chi connectivity index (χ3v) is 4.64. The first-order valence-electron chi connectivity index (χ1n) is 6.72. The van der Waals surface area contributed by atoms with E-state index in [9.17, 15) is 5.11 Å². The van der Waals surface area contributed by atoms with E-state index in [4.69, 9.17) is 0 Å². The van der Waals surface area contributed by atoms with Gasteiger partial charge in [0.25, 0.3) is 0 Å². The minimum Gasteiger partial charge on any atom is -0.392 e. The Morgan fingerprint density at radius 2 is 2.11 bits per heavy atom. The number of nitrogens with one attached hydrogen (secondary N) is 1. The second-order valence-corrected chi connectivity index (χ2v) is 5.98. The molecule has 19 heavy (non-hydrogen) atoms. The Kier molecular flexibility index (Phi) is 3.71. The maximum Gasteiger partial charge on any atom is 0.109 e. The highest BCUT2D eigenvalue weighted by Crippen LogP contribution is 2.33. The van der Waals surface area contributed by atoms with Crippen molar-refractivity contribution in [2.45, 2.75) is 38.2 Å². The highest BCUT2D eigenvalue weighted by molar-refractivity contribution is 9.10. The van der Waals surface area contributed by atoms with Crippen LogP contribution in [0, 0.1) is 0 Å². The van der Waals surface area contributed by atoms with Crippen LogP contribution in [-0.2, 0) is 6.61 Å². The molecule has 2 aromatic rings. The fourth-order valence-electron chi connectivity index (χ4n) is 2.75. The molecule has 0 amide bonds. The molecule has 4 heteroatoms. The van der Waals surface area contributed by atoms with Gasteiger partial charge in [0.15, 0.2) is 0 Å². The van der Waals surface area contributed by atoms with Gasteiger partial charge in [0.05, 0.1) is 18.5 Å². The molecule has 1 saturated carbocycles. The number of H-pyrrole nitrogens is 1. The van der Waals surface area contributed by atoms with Crippen LogP contribution in [0.25, 0.3) is 11.3 Å². The zero-order valence-electron chi connectivity index (χ0n) is 10.7. The average molecular weight is 321 g/mol. The summed E-state index contributed by atoms with van der Waals surface area (Å²) in [6.07, 6.45) is 7.02. The highest BCUT2D eigenvalue weighted by Gasteiger charge is 2.20. The second kappa shape index (κ2) is 5.47. The van der Waals surface area contributed by atoms with Crippen molar-refractivity contribution in [1.82, 2.24) is 9.97 Å². The molecular weight excluding hydrogens is 304 g/mol. The number of hydrogen-bond acceptors (Lipinski definition) is 2. The smallest absolute Gasteiger partial charge is 0.109 e. The van der Waals surface area contributed by atoms with Crippen molar-refractivity contribution in [2.75, 3.05) is 0 Å². The largest absolute Gasteiger partial charge is 0.392 e. The summed E-state index contributed by atoms with van der Waals surface area (Å²) < 4.78 is 0.939. The van der Waals surface area contributed by atoms with Gasteiger partial charge < -0.3 is 10.1 Å². The van der Waals surface area contributed by atoms with E-state index in [0.29, 0.717) is 5.92 Å². The number of imidazole rings is 1. The average Bonchev–Trinajstić information content (AvgIpc) is 3.10. The third-order valence-electron chi connectivity index (χ3n) is 3.86. The summed E-state index contributed by atoms with van der Waals surface area (Å²) in [7, 11) is 0. The van der Waals surface area contributed by atoms with Crippen molar-refractivity contribution < 1.29 is 5.11 Å². The molecule has 0 radical (unpaired) electrons. The molecular formula is C15H17BrN2O. The summed E-state index contributed by atoms with van der Waals surface area (Å²) in [6, 6.07) is 6.00. The molecule has 3 rings (SSSR count). The van der Waals surface area contributed by atoms with Crippen LogP contribution in [0.2, 0.25) is 0 Å². The molecule has 0 atom stereocenters. The minimum absolute atomic E-state index is 0.0397. The van der Waals surface area contributed by atoms with Gasteiger partial charge in [0, 0.05) is 10.4 Å². The van der Waals surface area contributed by atoms with Crippen molar-refractivity contribution in [3.63, 3.8) is 0 Å². The van der Waals surface area contributed by atoms with Gasteiger partial charge in [-0.25, -0.2) is 4.98 Å². The molecule has 1 aliphatic carbocycles. The quantitative estimate of drug-likeness (QED) is 0.898. The molecule has 0 spiro atoms. The number of halogens is 1. The van der Waals surface area contributed by atoms with E-state index in [2.05, 4.69) is 25.9 Å². The molecule has 1 aromatic heterocycles. The van der Waals surface area contributed by atoms with Gasteiger partial charge in [-0.1, -0.05) is 34.8 Å². The summed E-state index contributed by atoms with van der Waals surface area (Å²) in [6.45, 7) is 0.0397. The molecule has 1 heterocycles. The topological polar surface area (TPSA) is 48.9 Å². The lowest BCUT2D eigenvalue weighted by Crippen LogP contribution is -1.94. The molecule has 1 aliphatic rings. The fraction of sp³-hybridized carbons (Fsp3) is 0.400. The van der Waals surface area contributed by atoms with Gasteiger partial charge in [-0.2, -0.15) is 0 Å². The Morgan fingerprint density at radius 3 is 2.84 bits per heavy atom. The number of aromatic nitrogens is 2. The maximum atomic E-state index is 9.31. The molecule has 0 saturated heterocycles. The predicted octanol–water partition coefficient (Wildman–Crippen LogP) is 3.99. The van der Waals surface area contributed by atoms with E-state index >= 15 is 0 Å². The lowest BCUT2D eigenvalue weighted by molar-refractivity contribution is 0.281. The summed E-state index contributed by atoms with van der Waals surface area (Å²) >= 11 is 3.44. The van der Waals surface area contributed by atoms with Crippen LogP contribution in [0.3, 0.4) is 0 Å². The fourth-order valence-corrected chi connectivity index (χ4v) is 3.13. The van der Waals surface area contributed by atoms with Crippen LogP contribution in [-0.4, -0.2) is 15.1 Å². The van der Waals surface area contributed by atoms with Gasteiger partial charge >= 0.3 is 0 Å². The van der Waals surface area contributed by atoms with E-state index in [0.717, 1.165) is 27.1 Å². The third kappa shape index (κ3) is 2.60. The zero-order valence-corrected chi connectivity index (χ0v) is 12.3. The first-order chi connectivity index (χ1) is 9.28. The Labute approximate surface area is 121 Å². The van der Waals surface area contributed by atoms with Crippen LogP contribution in [0.1, 0.15) is 43.0 Å². The van der Waals surface area contributed by atoms with Gasteiger partial charge in [-0.05, 0) is 36.1 Å². The van der Waals surface area contributed by atoms with Gasteiger partial charge in [0.1, 0.15) is 5.82 Å². The molecule has 1 aromatic carbocycles. The van der Waals surface area contributed by atoms with Crippen molar-refractivity contribution in [1.29, 1.82) is 0 Å². The Morgan fingerprint density at radius 1 is 1.32 bits per heavy atom. The summed E-state index contributed by atoms with van der Waals surface area (Å²) in [5.41, 5.74) is 3.00. The number of rotatable bonds is 3. The Balaban J connectivity index is 1.89. The zero-order chi connectivity index (χ0) is 13.2. The van der Waals surface area contributed by atoms with Crippen molar-refractivity contribution in [3.8, 4) is 11.3 Å². The molecule has 0 aliphatic heterocycles. The predicted molar refractivity (Wildman–Crippen MR) is 78.9 cm³/mol. The molecule has 1 fully saturated rings. The van der Waals surface area contributed by atoms with Crippen molar-refractivity contribution >= 4 is 15.9 Å². The SMILES string of the molecule is OCc1cc(-c2cnc(C3CCCC3)[nH]2)ccc1Br. The second-order valence-electron chi connectivity index (χ2n) is 5.13. The van der Waals surface area contributed by atoms with Crippen LogP contribution in [0.4, 0.5) is 0 Å². The number of benzene rings is 1. The number of aliphatic hydroxyl groups excluding tert-OH is 1. The van der Waals surface area contributed by atoms with E-state index in [-0.39, 0.29) is 6.61 Å². The van der Waals surface area contributed by atoms with E-state index in [1.54, 1.807) is 0 Å².